The molecular formula is C17H27N3O4S2. The molecule has 0 aromatic heterocycles. The lowest BCUT2D eigenvalue weighted by molar-refractivity contribution is 0.529. The predicted molar refractivity (Wildman–Crippen MR) is 104 cm³/mol. The van der Waals surface area contributed by atoms with E-state index in [1.807, 2.05) is 6.07 Å². The molecule has 0 amide bonds. The molecule has 0 unspecified atom stereocenters. The second kappa shape index (κ2) is 7.56. The highest BCUT2D eigenvalue weighted by molar-refractivity contribution is 7.91. The van der Waals surface area contributed by atoms with E-state index in [-0.39, 0.29) is 11.2 Å². The molecule has 9 heteroatoms. The molecule has 0 atom stereocenters. The first kappa shape index (κ1) is 20.7. The van der Waals surface area contributed by atoms with E-state index in [0.717, 1.165) is 18.4 Å². The Balaban J connectivity index is 1.93. The first-order valence-corrected chi connectivity index (χ1v) is 12.3. The van der Waals surface area contributed by atoms with E-state index in [9.17, 15) is 16.8 Å². The third kappa shape index (κ3) is 5.98. The fraction of sp³-hybridized carbons (Fsp3) is 0.588. The number of hydrogen-bond donors (Lipinski definition) is 2. The van der Waals surface area contributed by atoms with Gasteiger partial charge in [-0.1, -0.05) is 12.1 Å². The molecular weight excluding hydrogens is 374 g/mol. The lowest BCUT2D eigenvalue weighted by atomic mass is 10.1. The Morgan fingerprint density at radius 1 is 1.15 bits per heavy atom. The maximum atomic E-state index is 11.7. The van der Waals surface area contributed by atoms with Gasteiger partial charge in [0.15, 0.2) is 15.8 Å². The summed E-state index contributed by atoms with van der Waals surface area (Å²) in [5.41, 5.74) is 1.47. The van der Waals surface area contributed by atoms with Gasteiger partial charge >= 0.3 is 0 Å². The molecule has 1 aromatic rings. The van der Waals surface area contributed by atoms with Gasteiger partial charge in [0.25, 0.3) is 0 Å². The standard InChI is InChI=1S/C17H27N3O4S2/c1-13-9-14(5-6-15(13)26(4,23)24)10-19-16(18-2)20-11-17(7-8-17)12-25(3,21)22/h5-6,9H,7-8,10-12H2,1-4H3,(H2,18,19,20). The summed E-state index contributed by atoms with van der Waals surface area (Å²) in [6, 6.07) is 5.22. The van der Waals surface area contributed by atoms with Gasteiger partial charge in [-0.15, -0.1) is 0 Å². The number of hydrogen-bond acceptors (Lipinski definition) is 5. The maximum Gasteiger partial charge on any atom is 0.191 e. The third-order valence-corrected chi connectivity index (χ3v) is 6.87. The highest BCUT2D eigenvalue weighted by atomic mass is 32.2. The number of sulfone groups is 2. The van der Waals surface area contributed by atoms with Crippen LogP contribution in [0.5, 0.6) is 0 Å². The van der Waals surface area contributed by atoms with E-state index >= 15 is 0 Å². The number of rotatable bonds is 7. The summed E-state index contributed by atoms with van der Waals surface area (Å²) in [5, 5.41) is 6.37. The lowest BCUT2D eigenvalue weighted by Crippen LogP contribution is -2.41. The van der Waals surface area contributed by atoms with E-state index in [4.69, 9.17) is 0 Å². The van der Waals surface area contributed by atoms with Crippen molar-refractivity contribution in [1.29, 1.82) is 0 Å². The molecule has 0 radical (unpaired) electrons. The number of guanidine groups is 1. The van der Waals surface area contributed by atoms with Crippen LogP contribution in [0.3, 0.4) is 0 Å². The van der Waals surface area contributed by atoms with Gasteiger partial charge < -0.3 is 10.6 Å². The van der Waals surface area contributed by atoms with Crippen molar-refractivity contribution in [2.24, 2.45) is 10.4 Å². The van der Waals surface area contributed by atoms with Gasteiger partial charge in [-0.3, -0.25) is 4.99 Å². The summed E-state index contributed by atoms with van der Waals surface area (Å²) in [6.07, 6.45) is 4.26. The molecule has 7 nitrogen and oxygen atoms in total. The molecule has 1 aliphatic carbocycles. The number of nitrogens with one attached hydrogen (secondary N) is 2. The first-order chi connectivity index (χ1) is 11.9. The third-order valence-electron chi connectivity index (χ3n) is 4.48. The van der Waals surface area contributed by atoms with Crippen LogP contribution in [-0.4, -0.2) is 54.7 Å². The van der Waals surface area contributed by atoms with Crippen LogP contribution in [0.25, 0.3) is 0 Å². The smallest absolute Gasteiger partial charge is 0.191 e. The Bertz CT molecular complexity index is 902. The highest BCUT2D eigenvalue weighted by Gasteiger charge is 2.45. The second-order valence-corrected chi connectivity index (χ2v) is 11.3. The molecule has 2 rings (SSSR count). The summed E-state index contributed by atoms with van der Waals surface area (Å²) in [5.74, 6) is 0.783. The van der Waals surface area contributed by atoms with Crippen molar-refractivity contribution < 1.29 is 16.8 Å². The number of aliphatic imine (C=N–C) groups is 1. The van der Waals surface area contributed by atoms with Crippen molar-refractivity contribution in [2.75, 3.05) is 31.9 Å². The van der Waals surface area contributed by atoms with Gasteiger partial charge in [0.2, 0.25) is 0 Å². The summed E-state index contributed by atoms with van der Waals surface area (Å²) in [7, 11) is -4.57. The molecule has 26 heavy (non-hydrogen) atoms. The van der Waals surface area contributed by atoms with Crippen LogP contribution in [0.4, 0.5) is 0 Å². The van der Waals surface area contributed by atoms with E-state index in [1.165, 1.54) is 12.5 Å². The Morgan fingerprint density at radius 2 is 1.81 bits per heavy atom. The fourth-order valence-corrected chi connectivity index (χ4v) is 5.48. The maximum absolute atomic E-state index is 11.7. The SMILES string of the molecule is CN=C(NCc1ccc(S(C)(=O)=O)c(C)c1)NCC1(CS(C)(=O)=O)CC1. The van der Waals surface area contributed by atoms with Crippen LogP contribution in [0.2, 0.25) is 0 Å². The van der Waals surface area contributed by atoms with Gasteiger partial charge in [-0.25, -0.2) is 16.8 Å². The van der Waals surface area contributed by atoms with Crippen molar-refractivity contribution in [3.05, 3.63) is 29.3 Å². The normalized spacial score (nSPS) is 17.0. The minimum absolute atomic E-state index is 0.182. The summed E-state index contributed by atoms with van der Waals surface area (Å²) in [6.45, 7) is 2.82. The zero-order valence-electron chi connectivity index (χ0n) is 15.7. The number of aryl methyl sites for hydroxylation is 1. The minimum Gasteiger partial charge on any atom is -0.356 e. The zero-order valence-corrected chi connectivity index (χ0v) is 17.3. The molecule has 1 aromatic carbocycles. The summed E-state index contributed by atoms with van der Waals surface area (Å²) >= 11 is 0. The van der Waals surface area contributed by atoms with Crippen LogP contribution in [0, 0.1) is 12.3 Å². The van der Waals surface area contributed by atoms with Crippen LogP contribution in [0.1, 0.15) is 24.0 Å². The highest BCUT2D eigenvalue weighted by Crippen LogP contribution is 2.45. The van der Waals surface area contributed by atoms with Crippen molar-refractivity contribution in [3.63, 3.8) is 0 Å². The van der Waals surface area contributed by atoms with Gasteiger partial charge in [-0.2, -0.15) is 0 Å². The van der Waals surface area contributed by atoms with Crippen molar-refractivity contribution in [1.82, 2.24) is 10.6 Å². The molecule has 0 bridgehead atoms. The van der Waals surface area contributed by atoms with Crippen molar-refractivity contribution in [2.45, 2.75) is 31.2 Å². The second-order valence-electron chi connectivity index (χ2n) is 7.22. The van der Waals surface area contributed by atoms with E-state index in [1.54, 1.807) is 26.1 Å². The summed E-state index contributed by atoms with van der Waals surface area (Å²) < 4.78 is 46.4. The molecule has 1 fully saturated rings. The molecule has 2 N–H and O–H groups in total. The molecule has 0 aliphatic heterocycles. The zero-order chi connectivity index (χ0) is 19.6. The molecule has 1 aliphatic rings. The monoisotopic (exact) mass is 401 g/mol. The largest absolute Gasteiger partial charge is 0.356 e. The first-order valence-electron chi connectivity index (χ1n) is 8.36. The Morgan fingerprint density at radius 3 is 2.27 bits per heavy atom. The Kier molecular flexibility index (Phi) is 6.02. The fourth-order valence-electron chi connectivity index (χ4n) is 3.02. The van der Waals surface area contributed by atoms with Gasteiger partial charge in [-0.05, 0) is 37.0 Å². The molecule has 1 saturated carbocycles. The Hall–Kier alpha value is -1.61. The van der Waals surface area contributed by atoms with Crippen LogP contribution >= 0.6 is 0 Å². The topological polar surface area (TPSA) is 105 Å². The molecule has 0 saturated heterocycles. The number of benzene rings is 1. The molecule has 0 spiro atoms. The average molecular weight is 402 g/mol. The lowest BCUT2D eigenvalue weighted by Gasteiger charge is -2.18. The summed E-state index contributed by atoms with van der Waals surface area (Å²) in [4.78, 5) is 4.49. The van der Waals surface area contributed by atoms with E-state index in [2.05, 4.69) is 15.6 Å². The minimum atomic E-state index is -3.22. The Labute approximate surface area is 156 Å². The average Bonchev–Trinajstić information content (AvgIpc) is 3.23. The van der Waals surface area contributed by atoms with Gasteiger partial charge in [0.1, 0.15) is 9.84 Å². The van der Waals surface area contributed by atoms with Gasteiger partial charge in [0.05, 0.1) is 10.6 Å². The number of nitrogens with zero attached hydrogens (tertiary/aromatic N) is 1. The molecule has 146 valence electrons. The quantitative estimate of drug-likeness (QED) is 0.519. The van der Waals surface area contributed by atoms with E-state index in [0.29, 0.717) is 29.5 Å². The van der Waals surface area contributed by atoms with Crippen LogP contribution in [-0.2, 0) is 26.2 Å². The van der Waals surface area contributed by atoms with Crippen LogP contribution < -0.4 is 10.6 Å². The molecule has 0 heterocycles. The van der Waals surface area contributed by atoms with Crippen molar-refractivity contribution in [3.8, 4) is 0 Å². The predicted octanol–water partition coefficient (Wildman–Crippen LogP) is 0.888. The van der Waals surface area contributed by atoms with E-state index < -0.39 is 19.7 Å². The van der Waals surface area contributed by atoms with Crippen LogP contribution in [0.15, 0.2) is 28.1 Å². The van der Waals surface area contributed by atoms with Gasteiger partial charge in [0, 0.05) is 38.1 Å². The van der Waals surface area contributed by atoms with Crippen molar-refractivity contribution >= 4 is 25.6 Å².